The van der Waals surface area contributed by atoms with Crippen molar-refractivity contribution in [1.82, 2.24) is 4.98 Å². The van der Waals surface area contributed by atoms with E-state index in [4.69, 9.17) is 37.5 Å². The Morgan fingerprint density at radius 2 is 2.12 bits per heavy atom. The van der Waals surface area contributed by atoms with Gasteiger partial charge in [-0.15, -0.1) is 0 Å². The van der Waals surface area contributed by atoms with Crippen LogP contribution in [-0.4, -0.2) is 10.1 Å². The second-order valence-electron chi connectivity index (χ2n) is 2.94. The molecule has 0 saturated heterocycles. The van der Waals surface area contributed by atoms with Gasteiger partial charge < -0.3 is 14.3 Å². The molecule has 1 N–H and O–H groups in total. The summed E-state index contributed by atoms with van der Waals surface area (Å²) in [6.07, 6.45) is 1.36. The standard InChI is InChI=1S/C10H7Cl2NO3/c11-8-2-1-7(3-9(8)12)16-10-13-6(4-14)5-15-10/h1-3,5,14H,4H2. The number of halogens is 2. The number of aromatic nitrogens is 1. The zero-order chi connectivity index (χ0) is 11.5. The van der Waals surface area contributed by atoms with E-state index >= 15 is 0 Å². The third kappa shape index (κ3) is 2.47. The van der Waals surface area contributed by atoms with Crippen LogP contribution in [0.15, 0.2) is 28.9 Å². The Bertz CT molecular complexity index is 499. The molecule has 0 unspecified atom stereocenters. The second kappa shape index (κ2) is 4.74. The normalized spacial score (nSPS) is 10.4. The molecule has 1 aromatic heterocycles. The van der Waals surface area contributed by atoms with Crippen LogP contribution < -0.4 is 4.74 Å². The second-order valence-corrected chi connectivity index (χ2v) is 3.76. The van der Waals surface area contributed by atoms with E-state index in [2.05, 4.69) is 4.98 Å². The fraction of sp³-hybridized carbons (Fsp3) is 0.100. The molecule has 84 valence electrons. The number of oxazole rings is 1. The van der Waals surface area contributed by atoms with E-state index in [1.54, 1.807) is 18.2 Å². The summed E-state index contributed by atoms with van der Waals surface area (Å²) in [6.45, 7) is -0.200. The summed E-state index contributed by atoms with van der Waals surface area (Å²) in [5.41, 5.74) is 0.398. The SMILES string of the molecule is OCc1coc(Oc2ccc(Cl)c(Cl)c2)n1. The van der Waals surface area contributed by atoms with Gasteiger partial charge in [-0.2, -0.15) is 4.98 Å². The Morgan fingerprint density at radius 3 is 2.75 bits per heavy atom. The summed E-state index contributed by atoms with van der Waals surface area (Å²) in [6, 6.07) is 4.79. The minimum Gasteiger partial charge on any atom is -0.417 e. The number of ether oxygens (including phenoxy) is 1. The zero-order valence-electron chi connectivity index (χ0n) is 7.98. The lowest BCUT2D eigenvalue weighted by Crippen LogP contribution is -1.86. The lowest BCUT2D eigenvalue weighted by molar-refractivity contribution is 0.276. The monoisotopic (exact) mass is 259 g/mol. The Morgan fingerprint density at radius 1 is 1.31 bits per heavy atom. The smallest absolute Gasteiger partial charge is 0.399 e. The van der Waals surface area contributed by atoms with Gasteiger partial charge in [0.2, 0.25) is 0 Å². The molecule has 0 aliphatic heterocycles. The molecule has 0 radical (unpaired) electrons. The van der Waals surface area contributed by atoms with Gasteiger partial charge in [0.05, 0.1) is 16.7 Å². The van der Waals surface area contributed by atoms with Crippen LogP contribution in [0.4, 0.5) is 0 Å². The Hall–Kier alpha value is -1.23. The molecule has 0 saturated carbocycles. The Balaban J connectivity index is 2.17. The highest BCUT2D eigenvalue weighted by molar-refractivity contribution is 6.42. The van der Waals surface area contributed by atoms with Crippen LogP contribution in [0.3, 0.4) is 0 Å². The molecule has 0 aliphatic rings. The van der Waals surface area contributed by atoms with E-state index < -0.39 is 0 Å². The van der Waals surface area contributed by atoms with Gasteiger partial charge in [-0.25, -0.2) is 0 Å². The first kappa shape index (κ1) is 11.3. The van der Waals surface area contributed by atoms with E-state index in [-0.39, 0.29) is 12.7 Å². The first-order valence-corrected chi connectivity index (χ1v) is 5.13. The van der Waals surface area contributed by atoms with Gasteiger partial charge in [-0.05, 0) is 12.1 Å². The molecule has 0 fully saturated rings. The summed E-state index contributed by atoms with van der Waals surface area (Å²) in [5, 5.41) is 9.61. The lowest BCUT2D eigenvalue weighted by atomic mass is 10.3. The number of benzene rings is 1. The predicted molar refractivity (Wildman–Crippen MR) is 59.0 cm³/mol. The molecular formula is C10H7Cl2NO3. The zero-order valence-corrected chi connectivity index (χ0v) is 9.50. The molecular weight excluding hydrogens is 253 g/mol. The molecule has 0 amide bonds. The molecule has 0 atom stereocenters. The molecule has 2 aromatic rings. The van der Waals surface area contributed by atoms with Crippen molar-refractivity contribution in [3.63, 3.8) is 0 Å². The van der Waals surface area contributed by atoms with Crippen LogP contribution in [0.1, 0.15) is 5.69 Å². The number of nitrogens with zero attached hydrogens (tertiary/aromatic N) is 1. The first-order chi connectivity index (χ1) is 7.69. The lowest BCUT2D eigenvalue weighted by Gasteiger charge is -2.01. The summed E-state index contributed by atoms with van der Waals surface area (Å²) >= 11 is 11.6. The van der Waals surface area contributed by atoms with Gasteiger partial charge in [0.25, 0.3) is 0 Å². The summed E-state index contributed by atoms with van der Waals surface area (Å²) in [4.78, 5) is 3.86. The van der Waals surface area contributed by atoms with Crippen molar-refractivity contribution in [3.8, 4) is 11.8 Å². The molecule has 16 heavy (non-hydrogen) atoms. The molecule has 2 rings (SSSR count). The third-order valence-electron chi connectivity index (χ3n) is 1.79. The van der Waals surface area contributed by atoms with Crippen LogP contribution in [0.5, 0.6) is 11.8 Å². The maximum atomic E-state index is 8.78. The number of rotatable bonds is 3. The minimum absolute atomic E-state index is 0.0439. The predicted octanol–water partition coefficient (Wildman–Crippen LogP) is 3.27. The fourth-order valence-corrected chi connectivity index (χ4v) is 1.34. The van der Waals surface area contributed by atoms with Crippen LogP contribution >= 0.6 is 23.2 Å². The van der Waals surface area contributed by atoms with E-state index in [0.717, 1.165) is 0 Å². The Labute approximate surface area is 101 Å². The van der Waals surface area contributed by atoms with E-state index in [9.17, 15) is 0 Å². The molecule has 4 nitrogen and oxygen atoms in total. The van der Waals surface area contributed by atoms with Gasteiger partial charge in [0.15, 0.2) is 0 Å². The number of hydrogen-bond acceptors (Lipinski definition) is 4. The Kier molecular flexibility index (Phi) is 3.33. The molecule has 1 heterocycles. The van der Waals surface area contributed by atoms with Crippen molar-refractivity contribution in [2.75, 3.05) is 0 Å². The van der Waals surface area contributed by atoms with Crippen LogP contribution in [0.2, 0.25) is 10.0 Å². The highest BCUT2D eigenvalue weighted by Gasteiger charge is 2.07. The first-order valence-electron chi connectivity index (χ1n) is 4.37. The van der Waals surface area contributed by atoms with Crippen molar-refractivity contribution in [2.24, 2.45) is 0 Å². The molecule has 0 bridgehead atoms. The van der Waals surface area contributed by atoms with Crippen molar-refractivity contribution >= 4 is 23.2 Å². The maximum absolute atomic E-state index is 8.78. The van der Waals surface area contributed by atoms with Gasteiger partial charge in [0.1, 0.15) is 17.7 Å². The maximum Gasteiger partial charge on any atom is 0.399 e. The average molecular weight is 260 g/mol. The quantitative estimate of drug-likeness (QED) is 0.920. The number of hydrogen-bond donors (Lipinski definition) is 1. The molecule has 6 heteroatoms. The van der Waals surface area contributed by atoms with Crippen molar-refractivity contribution in [1.29, 1.82) is 0 Å². The summed E-state index contributed by atoms with van der Waals surface area (Å²) < 4.78 is 10.2. The molecule has 1 aromatic carbocycles. The highest BCUT2D eigenvalue weighted by Crippen LogP contribution is 2.28. The third-order valence-corrected chi connectivity index (χ3v) is 2.53. The fourth-order valence-electron chi connectivity index (χ4n) is 1.05. The highest BCUT2D eigenvalue weighted by atomic mass is 35.5. The van der Waals surface area contributed by atoms with E-state index in [1.807, 2.05) is 0 Å². The van der Waals surface area contributed by atoms with Crippen molar-refractivity contribution < 1.29 is 14.3 Å². The van der Waals surface area contributed by atoms with E-state index in [1.165, 1.54) is 6.26 Å². The average Bonchev–Trinajstić information content (AvgIpc) is 2.71. The summed E-state index contributed by atoms with van der Waals surface area (Å²) in [7, 11) is 0. The topological polar surface area (TPSA) is 55.5 Å². The van der Waals surface area contributed by atoms with Gasteiger partial charge in [-0.3, -0.25) is 0 Å². The van der Waals surface area contributed by atoms with Gasteiger partial charge in [0, 0.05) is 6.07 Å². The van der Waals surface area contributed by atoms with Crippen molar-refractivity contribution in [3.05, 3.63) is 40.2 Å². The van der Waals surface area contributed by atoms with Gasteiger partial charge >= 0.3 is 6.08 Å². The minimum atomic E-state index is -0.200. The van der Waals surface area contributed by atoms with Crippen LogP contribution in [0, 0.1) is 0 Å². The largest absolute Gasteiger partial charge is 0.417 e. The van der Waals surface area contributed by atoms with Crippen LogP contribution in [0.25, 0.3) is 0 Å². The number of aliphatic hydroxyl groups excluding tert-OH is 1. The summed E-state index contributed by atoms with van der Waals surface area (Å²) in [5.74, 6) is 0.459. The molecule has 0 aliphatic carbocycles. The van der Waals surface area contributed by atoms with E-state index in [0.29, 0.717) is 21.5 Å². The van der Waals surface area contributed by atoms with Gasteiger partial charge in [-0.1, -0.05) is 23.2 Å². The van der Waals surface area contributed by atoms with Crippen LogP contribution in [-0.2, 0) is 6.61 Å². The molecule has 0 spiro atoms. The van der Waals surface area contributed by atoms with Crippen molar-refractivity contribution in [2.45, 2.75) is 6.61 Å². The number of aliphatic hydroxyl groups is 1.